The number of hydrogen-bond donors (Lipinski definition) is 2. The van der Waals surface area contributed by atoms with Crippen LogP contribution in [0.3, 0.4) is 0 Å². The molecule has 29 heavy (non-hydrogen) atoms. The van der Waals surface area contributed by atoms with Crippen LogP contribution in [0, 0.1) is 5.82 Å². The Balaban J connectivity index is 1.45. The Bertz CT molecular complexity index is 972. The highest BCUT2D eigenvalue weighted by atomic mass is 19.1. The monoisotopic (exact) mass is 395 g/mol. The second-order valence-electron chi connectivity index (χ2n) is 7.75. The van der Waals surface area contributed by atoms with Crippen LogP contribution in [0.4, 0.5) is 14.9 Å². The number of carbonyl (C=O) groups excluding carboxylic acids is 3. The summed E-state index contributed by atoms with van der Waals surface area (Å²) in [5, 5.41) is 5.37. The van der Waals surface area contributed by atoms with Crippen molar-refractivity contribution in [3.63, 3.8) is 0 Å². The fraction of sp³-hybridized carbons (Fsp3) is 0.318. The lowest BCUT2D eigenvalue weighted by Crippen LogP contribution is -2.42. The van der Waals surface area contributed by atoms with Crippen LogP contribution in [-0.4, -0.2) is 29.3 Å². The van der Waals surface area contributed by atoms with Crippen molar-refractivity contribution in [1.29, 1.82) is 0 Å². The average Bonchev–Trinajstić information content (AvgIpc) is 2.85. The standard InChI is InChI=1S/C22H22FN3O3/c1-22(16-8-10-17(23)11-9-16)20(28)26(21(29)25-22)13-19(27)24-18-7-3-6-15(12-18)14-4-2-5-14/h3,6-12,14H,2,4-5,13H2,1H3,(H,24,27)(H,25,29). The third-order valence-corrected chi connectivity index (χ3v) is 5.75. The summed E-state index contributed by atoms with van der Waals surface area (Å²) in [5.74, 6) is -0.904. The van der Waals surface area contributed by atoms with Crippen molar-refractivity contribution >= 4 is 23.5 Å². The molecule has 2 fully saturated rings. The number of amides is 4. The molecule has 0 aromatic heterocycles. The minimum absolute atomic E-state index is 0.394. The maximum absolute atomic E-state index is 13.2. The van der Waals surface area contributed by atoms with E-state index in [1.165, 1.54) is 36.2 Å². The molecule has 0 spiro atoms. The van der Waals surface area contributed by atoms with Gasteiger partial charge in [-0.1, -0.05) is 30.7 Å². The van der Waals surface area contributed by atoms with E-state index in [0.717, 1.165) is 17.7 Å². The zero-order valence-electron chi connectivity index (χ0n) is 16.1. The number of urea groups is 1. The lowest BCUT2D eigenvalue weighted by Gasteiger charge is -2.26. The Morgan fingerprint density at radius 2 is 1.93 bits per heavy atom. The smallest absolute Gasteiger partial charge is 0.325 e. The van der Waals surface area contributed by atoms with Gasteiger partial charge in [-0.15, -0.1) is 0 Å². The van der Waals surface area contributed by atoms with E-state index >= 15 is 0 Å². The molecule has 0 radical (unpaired) electrons. The maximum atomic E-state index is 13.2. The van der Waals surface area contributed by atoms with E-state index in [0.29, 0.717) is 17.2 Å². The third kappa shape index (κ3) is 3.60. The summed E-state index contributed by atoms with van der Waals surface area (Å²) in [4.78, 5) is 38.6. The molecule has 1 heterocycles. The van der Waals surface area contributed by atoms with Crippen molar-refractivity contribution in [3.05, 3.63) is 65.5 Å². The van der Waals surface area contributed by atoms with Gasteiger partial charge in [0.1, 0.15) is 17.9 Å². The van der Waals surface area contributed by atoms with Gasteiger partial charge < -0.3 is 10.6 Å². The second-order valence-corrected chi connectivity index (χ2v) is 7.75. The van der Waals surface area contributed by atoms with Gasteiger partial charge in [0.15, 0.2) is 0 Å². The predicted molar refractivity (Wildman–Crippen MR) is 106 cm³/mol. The van der Waals surface area contributed by atoms with Gasteiger partial charge in [-0.05, 0) is 61.1 Å². The number of anilines is 1. The fourth-order valence-corrected chi connectivity index (χ4v) is 3.78. The van der Waals surface area contributed by atoms with Crippen LogP contribution in [0.2, 0.25) is 0 Å². The molecule has 1 saturated carbocycles. The van der Waals surface area contributed by atoms with Gasteiger partial charge in [0.05, 0.1) is 0 Å². The van der Waals surface area contributed by atoms with Crippen molar-refractivity contribution in [2.75, 3.05) is 11.9 Å². The van der Waals surface area contributed by atoms with Crippen LogP contribution < -0.4 is 10.6 Å². The Morgan fingerprint density at radius 3 is 2.59 bits per heavy atom. The Hall–Kier alpha value is -3.22. The molecule has 4 rings (SSSR count). The molecule has 150 valence electrons. The van der Waals surface area contributed by atoms with Crippen molar-refractivity contribution in [2.24, 2.45) is 0 Å². The number of carbonyl (C=O) groups is 3. The minimum atomic E-state index is -1.34. The van der Waals surface area contributed by atoms with Crippen molar-refractivity contribution in [3.8, 4) is 0 Å². The molecule has 2 aliphatic rings. The van der Waals surface area contributed by atoms with Gasteiger partial charge in [0.25, 0.3) is 5.91 Å². The van der Waals surface area contributed by atoms with E-state index in [1.54, 1.807) is 13.0 Å². The molecule has 6 nitrogen and oxygen atoms in total. The quantitative estimate of drug-likeness (QED) is 0.761. The highest BCUT2D eigenvalue weighted by molar-refractivity contribution is 6.10. The summed E-state index contributed by atoms with van der Waals surface area (Å²) in [6.45, 7) is 1.15. The van der Waals surface area contributed by atoms with Crippen LogP contribution in [0.15, 0.2) is 48.5 Å². The topological polar surface area (TPSA) is 78.5 Å². The molecule has 7 heteroatoms. The van der Waals surface area contributed by atoms with Crippen molar-refractivity contribution in [2.45, 2.75) is 37.6 Å². The number of hydrogen-bond acceptors (Lipinski definition) is 3. The predicted octanol–water partition coefficient (Wildman–Crippen LogP) is 3.50. The molecule has 1 unspecified atom stereocenters. The van der Waals surface area contributed by atoms with E-state index in [-0.39, 0.29) is 0 Å². The van der Waals surface area contributed by atoms with Crippen LogP contribution in [0.25, 0.3) is 0 Å². The van der Waals surface area contributed by atoms with Gasteiger partial charge in [-0.2, -0.15) is 0 Å². The van der Waals surface area contributed by atoms with Gasteiger partial charge in [0.2, 0.25) is 5.91 Å². The molecular weight excluding hydrogens is 373 g/mol. The highest BCUT2D eigenvalue weighted by Crippen LogP contribution is 2.37. The molecular formula is C22H22FN3O3. The van der Waals surface area contributed by atoms with Crippen LogP contribution in [0.1, 0.15) is 43.2 Å². The third-order valence-electron chi connectivity index (χ3n) is 5.75. The largest absolute Gasteiger partial charge is 0.325 e. The van der Waals surface area contributed by atoms with Crippen LogP contribution in [0.5, 0.6) is 0 Å². The number of benzene rings is 2. The summed E-state index contributed by atoms with van der Waals surface area (Å²) >= 11 is 0. The maximum Gasteiger partial charge on any atom is 0.325 e. The summed E-state index contributed by atoms with van der Waals surface area (Å²) in [7, 11) is 0. The van der Waals surface area contributed by atoms with Gasteiger partial charge in [-0.25, -0.2) is 9.18 Å². The molecule has 1 aliphatic carbocycles. The SMILES string of the molecule is CC1(c2ccc(F)cc2)NC(=O)N(CC(=O)Nc2cccc(C3CCC3)c2)C1=O. The van der Waals surface area contributed by atoms with Crippen LogP contribution in [-0.2, 0) is 15.1 Å². The Kier molecular flexibility index (Phi) is 4.82. The zero-order chi connectivity index (χ0) is 20.6. The van der Waals surface area contributed by atoms with Crippen molar-refractivity contribution in [1.82, 2.24) is 10.2 Å². The Morgan fingerprint density at radius 1 is 1.21 bits per heavy atom. The second kappa shape index (κ2) is 7.31. The minimum Gasteiger partial charge on any atom is -0.325 e. The average molecular weight is 395 g/mol. The molecule has 1 saturated heterocycles. The van der Waals surface area contributed by atoms with Gasteiger partial charge in [0, 0.05) is 5.69 Å². The molecule has 2 aromatic rings. The van der Waals surface area contributed by atoms with E-state index in [4.69, 9.17) is 0 Å². The van der Waals surface area contributed by atoms with Crippen LogP contribution >= 0.6 is 0 Å². The highest BCUT2D eigenvalue weighted by Gasteiger charge is 2.49. The molecule has 2 aromatic carbocycles. The zero-order valence-corrected chi connectivity index (χ0v) is 16.1. The van der Waals surface area contributed by atoms with E-state index in [9.17, 15) is 18.8 Å². The Labute approximate surface area is 168 Å². The van der Waals surface area contributed by atoms with Crippen molar-refractivity contribution < 1.29 is 18.8 Å². The first-order valence-electron chi connectivity index (χ1n) is 9.67. The molecule has 0 bridgehead atoms. The first-order valence-corrected chi connectivity index (χ1v) is 9.67. The molecule has 1 atom stereocenters. The van der Waals surface area contributed by atoms with E-state index in [1.807, 2.05) is 18.2 Å². The van der Waals surface area contributed by atoms with Gasteiger partial charge in [-0.3, -0.25) is 14.5 Å². The lowest BCUT2D eigenvalue weighted by molar-refractivity contribution is -0.133. The normalized spacial score (nSPS) is 21.7. The number of halogens is 1. The van der Waals surface area contributed by atoms with E-state index in [2.05, 4.69) is 10.6 Å². The molecule has 1 aliphatic heterocycles. The number of nitrogens with zero attached hydrogens (tertiary/aromatic N) is 1. The number of imide groups is 1. The lowest BCUT2D eigenvalue weighted by atomic mass is 9.80. The molecule has 2 N–H and O–H groups in total. The summed E-state index contributed by atoms with van der Waals surface area (Å²) in [5.41, 5.74) is 0.948. The first-order chi connectivity index (χ1) is 13.9. The number of nitrogens with one attached hydrogen (secondary N) is 2. The van der Waals surface area contributed by atoms with E-state index < -0.39 is 35.7 Å². The summed E-state index contributed by atoms with van der Waals surface area (Å²) in [6, 6.07) is 12.4. The number of rotatable bonds is 5. The summed E-state index contributed by atoms with van der Waals surface area (Å²) < 4.78 is 13.2. The van der Waals surface area contributed by atoms with Gasteiger partial charge >= 0.3 is 6.03 Å². The first kappa shape index (κ1) is 19.1. The fourth-order valence-electron chi connectivity index (χ4n) is 3.78. The summed E-state index contributed by atoms with van der Waals surface area (Å²) in [6.07, 6.45) is 3.53. The molecule has 4 amide bonds.